The molecule has 0 unspecified atom stereocenters. The molecule has 4 aromatic rings. The van der Waals surface area contributed by atoms with Gasteiger partial charge in [-0.2, -0.15) is 5.10 Å². The van der Waals surface area contributed by atoms with Crippen molar-refractivity contribution in [3.05, 3.63) is 114 Å². The first kappa shape index (κ1) is 30.8. The highest BCUT2D eigenvalue weighted by Gasteiger charge is 2.27. The fourth-order valence-corrected chi connectivity index (χ4v) is 5.39. The Morgan fingerprint density at radius 1 is 0.837 bits per heavy atom. The topological polar surface area (TPSA) is 126 Å². The number of methoxy groups -OCH3 is 1. The first-order chi connectivity index (χ1) is 20.8. The number of rotatable bonds is 13. The summed E-state index contributed by atoms with van der Waals surface area (Å²) in [5.74, 6) is 0.233. The van der Waals surface area contributed by atoms with Crippen LogP contribution in [0.1, 0.15) is 18.1 Å². The van der Waals surface area contributed by atoms with Crippen LogP contribution in [-0.4, -0.2) is 46.7 Å². The molecule has 10 nitrogen and oxygen atoms in total. The van der Waals surface area contributed by atoms with E-state index in [1.54, 1.807) is 86.0 Å². The van der Waals surface area contributed by atoms with Crippen LogP contribution in [0.15, 0.2) is 113 Å². The molecule has 2 amide bonds. The van der Waals surface area contributed by atoms with Crippen LogP contribution in [0.3, 0.4) is 0 Å². The van der Waals surface area contributed by atoms with Crippen molar-refractivity contribution in [2.75, 3.05) is 29.9 Å². The van der Waals surface area contributed by atoms with Gasteiger partial charge in [-0.25, -0.2) is 13.8 Å². The number of hydrogen-bond acceptors (Lipinski definition) is 7. The van der Waals surface area contributed by atoms with E-state index in [4.69, 9.17) is 9.47 Å². The summed E-state index contributed by atoms with van der Waals surface area (Å²) in [6, 6.07) is 28.7. The minimum atomic E-state index is -4.01. The van der Waals surface area contributed by atoms with E-state index in [1.807, 2.05) is 19.1 Å². The molecular weight excluding hydrogens is 568 g/mol. The predicted molar refractivity (Wildman–Crippen MR) is 166 cm³/mol. The van der Waals surface area contributed by atoms with Gasteiger partial charge in [0.2, 0.25) is 0 Å². The number of nitrogens with one attached hydrogen (secondary N) is 2. The van der Waals surface area contributed by atoms with Gasteiger partial charge in [0.1, 0.15) is 18.0 Å². The van der Waals surface area contributed by atoms with Gasteiger partial charge in [-0.3, -0.25) is 13.9 Å². The molecule has 43 heavy (non-hydrogen) atoms. The number of aryl methyl sites for hydroxylation is 1. The zero-order valence-electron chi connectivity index (χ0n) is 23.8. The third kappa shape index (κ3) is 8.66. The average Bonchev–Trinajstić information content (AvgIpc) is 3.04. The number of hydrazone groups is 1. The number of carbonyl (C=O) groups is 2. The van der Waals surface area contributed by atoms with Crippen LogP contribution in [0.5, 0.6) is 11.5 Å². The molecule has 4 rings (SSSR count). The Morgan fingerprint density at radius 3 is 2.12 bits per heavy atom. The fourth-order valence-electron chi connectivity index (χ4n) is 3.95. The van der Waals surface area contributed by atoms with E-state index in [0.29, 0.717) is 28.4 Å². The summed E-state index contributed by atoms with van der Waals surface area (Å²) in [6.07, 6.45) is 2.22. The van der Waals surface area contributed by atoms with Crippen molar-refractivity contribution in [2.24, 2.45) is 5.10 Å². The second-order valence-corrected chi connectivity index (χ2v) is 11.1. The Kier molecular flexibility index (Phi) is 10.5. The second kappa shape index (κ2) is 14.6. The van der Waals surface area contributed by atoms with E-state index >= 15 is 0 Å². The third-order valence-corrected chi connectivity index (χ3v) is 8.07. The smallest absolute Gasteiger partial charge is 0.264 e. The average molecular weight is 601 g/mol. The predicted octanol–water partition coefficient (Wildman–Crippen LogP) is 4.62. The molecule has 0 heterocycles. The van der Waals surface area contributed by atoms with Crippen LogP contribution in [0.4, 0.5) is 11.4 Å². The van der Waals surface area contributed by atoms with Crippen LogP contribution in [0.25, 0.3) is 0 Å². The summed E-state index contributed by atoms with van der Waals surface area (Å²) in [5, 5.41) is 6.71. The number of anilines is 2. The van der Waals surface area contributed by atoms with Crippen LogP contribution >= 0.6 is 0 Å². The number of hydrogen-bond donors (Lipinski definition) is 2. The van der Waals surface area contributed by atoms with Crippen molar-refractivity contribution in [1.29, 1.82) is 0 Å². The largest absolute Gasteiger partial charge is 0.497 e. The van der Waals surface area contributed by atoms with E-state index in [2.05, 4.69) is 15.8 Å². The maximum absolute atomic E-state index is 13.4. The molecule has 0 spiro atoms. The quantitative estimate of drug-likeness (QED) is 0.170. The minimum absolute atomic E-state index is 0.0754. The Balaban J connectivity index is 1.33. The van der Waals surface area contributed by atoms with Gasteiger partial charge in [-0.15, -0.1) is 0 Å². The lowest BCUT2D eigenvalue weighted by Gasteiger charge is -2.24. The van der Waals surface area contributed by atoms with Gasteiger partial charge in [0.25, 0.3) is 21.8 Å². The maximum atomic E-state index is 13.4. The van der Waals surface area contributed by atoms with Crippen LogP contribution < -0.4 is 24.5 Å². The van der Waals surface area contributed by atoms with Gasteiger partial charge >= 0.3 is 0 Å². The number of amides is 2. The lowest BCUT2D eigenvalue weighted by atomic mass is 10.1. The highest BCUT2D eigenvalue weighted by Crippen LogP contribution is 2.24. The second-order valence-electron chi connectivity index (χ2n) is 9.27. The monoisotopic (exact) mass is 600 g/mol. The number of nitrogens with zero attached hydrogens (tertiary/aromatic N) is 2. The summed E-state index contributed by atoms with van der Waals surface area (Å²) < 4.78 is 38.5. The third-order valence-electron chi connectivity index (χ3n) is 6.28. The van der Waals surface area contributed by atoms with Gasteiger partial charge in [0.15, 0.2) is 6.61 Å². The highest BCUT2D eigenvalue weighted by molar-refractivity contribution is 7.92. The molecular formula is C32H32N4O6S. The number of ether oxygens (including phenoxy) is 2. The summed E-state index contributed by atoms with van der Waals surface area (Å²) in [4.78, 5) is 25.0. The van der Waals surface area contributed by atoms with Crippen LogP contribution in [-0.2, 0) is 26.0 Å². The zero-order chi connectivity index (χ0) is 30.7. The summed E-state index contributed by atoms with van der Waals surface area (Å²) in [6.45, 7) is 1.35. The van der Waals surface area contributed by atoms with E-state index in [1.165, 1.54) is 18.3 Å². The van der Waals surface area contributed by atoms with Crippen molar-refractivity contribution < 1.29 is 27.5 Å². The molecule has 0 radical (unpaired) electrons. The van der Waals surface area contributed by atoms with Gasteiger partial charge in [0, 0.05) is 5.69 Å². The summed E-state index contributed by atoms with van der Waals surface area (Å²) in [5.41, 5.74) is 5.08. The SMILES string of the molecule is CCc1ccc(N(CC(=O)N/N=C\c2ccc(OCC(=O)Nc3ccc(OC)cc3)cc2)S(=O)(=O)c2ccccc2)cc1. The van der Waals surface area contributed by atoms with Gasteiger partial charge in [0.05, 0.1) is 23.9 Å². The molecule has 0 aromatic heterocycles. The van der Waals surface area contributed by atoms with Crippen molar-refractivity contribution in [2.45, 2.75) is 18.2 Å². The molecule has 4 aromatic carbocycles. The number of sulfonamides is 1. The zero-order valence-corrected chi connectivity index (χ0v) is 24.6. The van der Waals surface area contributed by atoms with Crippen LogP contribution in [0.2, 0.25) is 0 Å². The fraction of sp³-hybridized carbons (Fsp3) is 0.156. The molecule has 0 aliphatic carbocycles. The molecule has 2 N–H and O–H groups in total. The van der Waals surface area contributed by atoms with Gasteiger partial charge in [-0.1, -0.05) is 37.3 Å². The number of carbonyl (C=O) groups excluding carboxylic acids is 2. The normalized spacial score (nSPS) is 11.1. The van der Waals surface area contributed by atoms with E-state index < -0.39 is 22.5 Å². The molecule has 0 saturated carbocycles. The Labute approximate surface area is 251 Å². The lowest BCUT2D eigenvalue weighted by molar-refractivity contribution is -0.119. The molecule has 222 valence electrons. The molecule has 11 heteroatoms. The summed E-state index contributed by atoms with van der Waals surface area (Å²) in [7, 11) is -2.44. The Bertz CT molecular complexity index is 1640. The van der Waals surface area contributed by atoms with Crippen molar-refractivity contribution >= 4 is 39.4 Å². The molecule has 0 fully saturated rings. The molecule has 0 saturated heterocycles. The van der Waals surface area contributed by atoms with E-state index in [0.717, 1.165) is 16.3 Å². The molecule has 0 aliphatic heterocycles. The van der Waals surface area contributed by atoms with Gasteiger partial charge in [-0.05, 0) is 90.3 Å². The minimum Gasteiger partial charge on any atom is -0.497 e. The molecule has 0 bridgehead atoms. The lowest BCUT2D eigenvalue weighted by Crippen LogP contribution is -2.39. The molecule has 0 aliphatic rings. The van der Waals surface area contributed by atoms with E-state index in [-0.39, 0.29) is 17.4 Å². The Hall–Kier alpha value is -5.16. The Morgan fingerprint density at radius 2 is 1.49 bits per heavy atom. The first-order valence-corrected chi connectivity index (χ1v) is 14.9. The maximum Gasteiger partial charge on any atom is 0.264 e. The van der Waals surface area contributed by atoms with Gasteiger partial charge < -0.3 is 14.8 Å². The summed E-state index contributed by atoms with van der Waals surface area (Å²) >= 11 is 0. The highest BCUT2D eigenvalue weighted by atomic mass is 32.2. The van der Waals surface area contributed by atoms with Crippen molar-refractivity contribution in [3.63, 3.8) is 0 Å². The van der Waals surface area contributed by atoms with Crippen molar-refractivity contribution in [1.82, 2.24) is 5.43 Å². The van der Waals surface area contributed by atoms with Crippen molar-refractivity contribution in [3.8, 4) is 11.5 Å². The number of benzene rings is 4. The first-order valence-electron chi connectivity index (χ1n) is 13.4. The van der Waals surface area contributed by atoms with E-state index in [9.17, 15) is 18.0 Å². The standard InChI is InChI=1S/C32H32N4O6S/c1-3-24-9-15-27(16-10-24)36(43(39,40)30-7-5-4-6-8-30)22-31(37)35-33-21-25-11-17-29(18-12-25)42-23-32(38)34-26-13-19-28(41-2)20-14-26/h4-21H,3,22-23H2,1-2H3,(H,34,38)(H,35,37)/b33-21-. The van der Waals surface area contributed by atoms with Crippen LogP contribution in [0, 0.1) is 0 Å². The molecule has 0 atom stereocenters.